The summed E-state index contributed by atoms with van der Waals surface area (Å²) in [5.74, 6) is -17.5. The van der Waals surface area contributed by atoms with E-state index in [1.54, 1.807) is 74.8 Å². The van der Waals surface area contributed by atoms with Gasteiger partial charge in [-0.3, -0.25) is 86.9 Å². The number of phenolic OH excluding ortho intramolecular Hbond substituents is 1. The lowest BCUT2D eigenvalue weighted by molar-refractivity contribution is -0.149. The van der Waals surface area contributed by atoms with Crippen molar-refractivity contribution in [2.75, 3.05) is 65.4 Å². The first-order valence-electron chi connectivity index (χ1n) is 44.0. The molecule has 0 spiro atoms. The molecule has 6 aromatic rings. The Hall–Kier alpha value is -13.7. The number of benzene rings is 3. The Morgan fingerprint density at radius 3 is 1.58 bits per heavy atom. The number of aromatic nitrogens is 4. The number of H-pyrrole nitrogens is 3. The second-order valence-corrected chi connectivity index (χ2v) is 34.8. The Morgan fingerprint density at radius 1 is 0.538 bits per heavy atom. The third-order valence-electron chi connectivity index (χ3n) is 23.7. The van der Waals surface area contributed by atoms with Gasteiger partial charge in [-0.15, -0.1) is 11.8 Å². The van der Waals surface area contributed by atoms with Crippen LogP contribution >= 0.6 is 11.8 Å². The van der Waals surface area contributed by atoms with Crippen molar-refractivity contribution in [3.8, 4) is 5.75 Å². The van der Waals surface area contributed by atoms with E-state index < -0.39 is 222 Å². The van der Waals surface area contributed by atoms with Crippen molar-refractivity contribution < 1.29 is 91.7 Å². The minimum atomic E-state index is -1.85. The predicted molar refractivity (Wildman–Crippen MR) is 485 cm³/mol. The first-order chi connectivity index (χ1) is 62.9. The fourth-order valence-corrected chi connectivity index (χ4v) is 17.0. The maximum absolute atomic E-state index is 15.6. The lowest BCUT2D eigenvalue weighted by Crippen LogP contribution is -2.61. The van der Waals surface area contributed by atoms with Crippen LogP contribution in [-0.4, -0.2) is 311 Å². The highest BCUT2D eigenvalue weighted by molar-refractivity contribution is 8.00. The molecule has 0 bridgehead atoms. The maximum Gasteiger partial charge on any atom is 0.246 e. The lowest BCUT2D eigenvalue weighted by atomic mass is 10.0. The van der Waals surface area contributed by atoms with Crippen molar-refractivity contribution in [2.45, 2.75) is 216 Å². The number of carbonyl (C=O) groups is 17. The molecule has 17 amide bonds. The number of unbranched alkanes of at least 4 members (excludes halogenated alkanes) is 1. The van der Waals surface area contributed by atoms with Gasteiger partial charge in [0.25, 0.3) is 0 Å². The zero-order valence-electron chi connectivity index (χ0n) is 75.1. The molecule has 6 heterocycles. The molecule has 3 aromatic heterocycles. The summed E-state index contributed by atoms with van der Waals surface area (Å²) >= 11 is 0.757. The second-order valence-electron chi connectivity index (χ2n) is 33.8. The molecule has 1 unspecified atom stereocenters. The molecule has 3 aliphatic heterocycles. The number of aliphatic hydroxyl groups excluding tert-OH is 1. The minimum Gasteiger partial charge on any atom is -0.508 e. The van der Waals surface area contributed by atoms with Gasteiger partial charge in [-0.25, -0.2) is 4.98 Å². The van der Waals surface area contributed by atoms with Gasteiger partial charge in [0, 0.05) is 118 Å². The number of para-hydroxylation sites is 2. The topological polar surface area (TPSA) is 641 Å². The highest BCUT2D eigenvalue weighted by atomic mass is 32.2. The van der Waals surface area contributed by atoms with Crippen LogP contribution in [-0.2, 0) is 107 Å². The van der Waals surface area contributed by atoms with Gasteiger partial charge in [-0.05, 0) is 112 Å². The van der Waals surface area contributed by atoms with Gasteiger partial charge >= 0.3 is 0 Å². The Balaban J connectivity index is 1.08. The summed E-state index contributed by atoms with van der Waals surface area (Å²) in [5, 5.41) is 59.5. The molecule has 3 saturated heterocycles. The number of nitrogens with zero attached hydrogens (tertiary/aromatic N) is 6. The number of aromatic amines is 3. The maximum atomic E-state index is 15.6. The highest BCUT2D eigenvalue weighted by Crippen LogP contribution is 2.28. The highest BCUT2D eigenvalue weighted by Gasteiger charge is 2.45. The number of hydrogen-bond acceptors (Lipinski definition) is 22. The van der Waals surface area contributed by atoms with Gasteiger partial charge in [0.2, 0.25) is 100 Å². The van der Waals surface area contributed by atoms with Crippen LogP contribution in [0.25, 0.3) is 21.8 Å². The van der Waals surface area contributed by atoms with Crippen LogP contribution in [0.1, 0.15) is 128 Å². The molecule has 0 saturated carbocycles. The van der Waals surface area contributed by atoms with Crippen LogP contribution in [0.3, 0.4) is 0 Å². The summed E-state index contributed by atoms with van der Waals surface area (Å²) in [6, 6.07) is -1.50. The summed E-state index contributed by atoms with van der Waals surface area (Å²) in [4.78, 5) is 267. The first kappa shape index (κ1) is 102. The number of carbonyl (C=O) groups excluding carboxylic acids is 17. The summed E-state index contributed by atoms with van der Waals surface area (Å²) in [6.07, 6.45) is 5.34. The van der Waals surface area contributed by atoms with E-state index in [-0.39, 0.29) is 108 Å². The standard InChI is InChI=1S/C88H122N24O19S/c1-9-10-23-70-87(131)109(7)49(5)74(118)100-59(22-15-30-94-88(91)92)77(121)107-67(76(120)97-42-72(90)116)44-132-45-73(117)99-63(34-50-26-28-54(114)29-27-50)83(127)108(6)48(4)75(119)103-65(38-71(89)115)86(130)112-32-17-25-69(112)82(126)102-61(37-53-41-93-46-98-53)79(123)104-62(33-47(2)3)85(129)111-31-16-24-68(111)81(125)101-60(35-51-39-95-57-20-13-11-18-55(51)57)78(122)106-66(43-113)80(124)105-64(84(128)110(70)8)36-52-40-96-58-21-14-12-19-56(52)58/h11-14,18-21,26-29,39-41,46-49,59-70,95-96,113-114H,9-10,15-17,22-25,30-38,42-45H2,1-8H3,(H2,89,115)(H2,90,116)(H,93,98)(H,97,120)(H,99,117)(H,100,118)(H,101,125)(H,102,126)(H,103,119)(H,104,123)(H,105,124)(H,106,122)(H,107,121)(H4,91,92,94)/t48-,49-,59-,60-,61-,62-,63-,64-,65-,66-,67?,68-,69-,70-/m0/s1. The Bertz CT molecular complexity index is 5140. The molecule has 3 aliphatic rings. The van der Waals surface area contributed by atoms with Crippen molar-refractivity contribution in [1.82, 2.24) is 103 Å². The van der Waals surface area contributed by atoms with E-state index in [0.717, 1.165) is 31.4 Å². The number of thioether (sulfide) groups is 1. The number of imidazole rings is 1. The van der Waals surface area contributed by atoms with E-state index in [1.807, 2.05) is 6.92 Å². The lowest BCUT2D eigenvalue weighted by Gasteiger charge is -2.35. The van der Waals surface area contributed by atoms with Crippen LogP contribution < -0.4 is 75.7 Å². The molecule has 43 nitrogen and oxygen atoms in total. The molecule has 3 fully saturated rings. The zero-order chi connectivity index (χ0) is 96.3. The summed E-state index contributed by atoms with van der Waals surface area (Å²) < 4.78 is 0. The molecule has 132 heavy (non-hydrogen) atoms. The molecule has 44 heteroatoms. The average Bonchev–Trinajstić information content (AvgIpc) is 1.61. The first-order valence-corrected chi connectivity index (χ1v) is 45.1. The number of rotatable bonds is 23. The fourth-order valence-electron chi connectivity index (χ4n) is 16.1. The van der Waals surface area contributed by atoms with Crippen LogP contribution in [0.2, 0.25) is 0 Å². The number of phenols is 1. The van der Waals surface area contributed by atoms with Crippen LogP contribution in [0.15, 0.2) is 97.7 Å². The van der Waals surface area contributed by atoms with Gasteiger partial charge in [0.05, 0.1) is 31.7 Å². The smallest absolute Gasteiger partial charge is 0.246 e. The van der Waals surface area contributed by atoms with E-state index in [4.69, 9.17) is 22.6 Å². The van der Waals surface area contributed by atoms with Gasteiger partial charge in [0.15, 0.2) is 5.96 Å². The third-order valence-corrected chi connectivity index (χ3v) is 24.7. The fraction of sp³-hybridized carbons (Fsp3) is 0.511. The average molecular weight is 1850 g/mol. The van der Waals surface area contributed by atoms with Crippen molar-refractivity contribution >= 4 is 140 Å². The molecular formula is C88H122N24O19S. The van der Waals surface area contributed by atoms with E-state index >= 15 is 33.6 Å². The number of likely N-dealkylation sites (N-methyl/N-ethyl adjacent to an activating group) is 3. The summed E-state index contributed by atoms with van der Waals surface area (Å²) in [5.41, 5.74) is 19.8. The zero-order valence-corrected chi connectivity index (χ0v) is 75.9. The van der Waals surface area contributed by atoms with E-state index in [1.165, 1.54) is 76.7 Å². The molecule has 9 rings (SSSR count). The molecule has 0 aliphatic carbocycles. The molecule has 3 aromatic carbocycles. The van der Waals surface area contributed by atoms with E-state index in [2.05, 4.69) is 78.4 Å². The number of hydrogen-bond donors (Lipinski definition) is 20. The number of aromatic hydroxyl groups is 1. The summed E-state index contributed by atoms with van der Waals surface area (Å²) in [7, 11) is 3.84. The molecule has 714 valence electrons. The third kappa shape index (κ3) is 27.9. The summed E-state index contributed by atoms with van der Waals surface area (Å²) in [6.45, 7) is 6.13. The van der Waals surface area contributed by atoms with E-state index in [0.29, 0.717) is 57.0 Å². The number of guanidine groups is 1. The Kier molecular flexibility index (Phi) is 37.3. The van der Waals surface area contributed by atoms with Crippen LogP contribution in [0.4, 0.5) is 0 Å². The minimum absolute atomic E-state index is 0.00567. The van der Waals surface area contributed by atoms with Gasteiger partial charge in [-0.1, -0.05) is 82.1 Å². The molecular weight excluding hydrogens is 1730 g/mol. The normalized spacial score (nSPS) is 24.5. The number of fused-ring (bicyclic) bond motifs is 4. The van der Waals surface area contributed by atoms with Gasteiger partial charge < -0.3 is 125 Å². The quantitative estimate of drug-likeness (QED) is 0.0172. The number of amides is 17. The van der Waals surface area contributed by atoms with E-state index in [9.17, 15) is 58.2 Å². The van der Waals surface area contributed by atoms with Crippen LogP contribution in [0.5, 0.6) is 5.75 Å². The number of primary amides is 2. The van der Waals surface area contributed by atoms with Gasteiger partial charge in [0.1, 0.15) is 90.3 Å². The predicted octanol–water partition coefficient (Wildman–Crippen LogP) is -3.07. The monoisotopic (exact) mass is 1850 g/mol. The number of aliphatic hydroxyl groups is 1. The van der Waals surface area contributed by atoms with Crippen molar-refractivity contribution in [3.05, 3.63) is 120 Å². The van der Waals surface area contributed by atoms with Crippen molar-refractivity contribution in [3.63, 3.8) is 0 Å². The second kappa shape index (κ2) is 48.3. The van der Waals surface area contributed by atoms with Crippen molar-refractivity contribution in [1.29, 1.82) is 5.41 Å². The Morgan fingerprint density at radius 2 is 1.04 bits per heavy atom. The number of nitrogens with one attached hydrogen (secondary N) is 15. The molecule has 0 radical (unpaired) electrons. The van der Waals surface area contributed by atoms with Gasteiger partial charge in [-0.2, -0.15) is 0 Å². The van der Waals surface area contributed by atoms with Crippen molar-refractivity contribution in [2.24, 2.45) is 23.1 Å². The largest absolute Gasteiger partial charge is 0.508 e. The Labute approximate surface area is 766 Å². The van der Waals surface area contributed by atoms with Crippen LogP contribution in [0, 0.1) is 11.3 Å². The SMILES string of the molecule is CCCC[C@H]1C(=O)N(C)[C@@H](C)C(=O)N[C@@H](CCCNC(=N)N)C(=O)NC(C(=O)NCC(N)=O)CSCC(=O)N[C@@H](Cc2ccc(O)cc2)C(=O)N(C)[C@@H](C)C(=O)N[C@@H](CC(N)=O)C(=O)N2CCC[C@H]2C(=O)N[C@@H](Cc2cnc[nH]2)C(=O)N[C@@H](CC(C)C)C(=O)N2CCC[C@H]2C(=O)N[C@@H](Cc2c[nH]c3ccccc23)C(=O)N[C@@H](CO)C(=O)N[C@@H](Cc2c[nH]c3ccccc23)C(=O)N1C. The molecule has 14 atom stereocenters. The number of nitrogens with two attached hydrogens (primary N) is 3. The molecule has 23 N–H and O–H groups in total.